The van der Waals surface area contributed by atoms with Crippen molar-refractivity contribution in [1.82, 2.24) is 4.90 Å². The lowest BCUT2D eigenvalue weighted by molar-refractivity contribution is 0.226. The Morgan fingerprint density at radius 1 is 1.15 bits per heavy atom. The number of hydrogen-bond acceptors (Lipinski definition) is 1. The standard InChI is InChI=1S/C31H54ClN/c1-12-19-33(28(10)21-26(8)25(7)20-27(9)32)29-14-13-24(6)30(16-15-29)31(11,23(4)5)18-17-22(2)3/h12,14,21-23,25,27-28H,1,13,15-20H2,2-11H3/b26-21-/t25?,27-,28+,31+/m1/s1. The second-order valence-corrected chi connectivity index (χ2v) is 12.4. The van der Waals surface area contributed by atoms with Crippen LogP contribution in [-0.2, 0) is 0 Å². The first-order chi connectivity index (χ1) is 15.3. The summed E-state index contributed by atoms with van der Waals surface area (Å²) >= 11 is 6.27. The van der Waals surface area contributed by atoms with Crippen LogP contribution in [0.25, 0.3) is 0 Å². The van der Waals surface area contributed by atoms with Crippen LogP contribution in [0, 0.1) is 23.2 Å². The molecule has 1 nitrogen and oxygen atoms in total. The van der Waals surface area contributed by atoms with Crippen molar-refractivity contribution < 1.29 is 0 Å². The summed E-state index contributed by atoms with van der Waals surface area (Å²) in [5, 5.41) is 0.214. The summed E-state index contributed by atoms with van der Waals surface area (Å²) in [6.45, 7) is 28.4. The van der Waals surface area contributed by atoms with E-state index >= 15 is 0 Å². The van der Waals surface area contributed by atoms with E-state index in [0.29, 0.717) is 17.9 Å². The van der Waals surface area contributed by atoms with Gasteiger partial charge in [0.15, 0.2) is 0 Å². The van der Waals surface area contributed by atoms with Gasteiger partial charge in [-0.2, -0.15) is 0 Å². The third-order valence-corrected chi connectivity index (χ3v) is 8.32. The predicted molar refractivity (Wildman–Crippen MR) is 151 cm³/mol. The summed E-state index contributed by atoms with van der Waals surface area (Å²) < 4.78 is 0. The quantitative estimate of drug-likeness (QED) is 0.189. The van der Waals surface area contributed by atoms with Gasteiger partial charge in [0.2, 0.25) is 0 Å². The maximum Gasteiger partial charge on any atom is 0.0447 e. The molecule has 2 heteroatoms. The molecule has 0 amide bonds. The lowest BCUT2D eigenvalue weighted by Gasteiger charge is -2.39. The number of hydrogen-bond donors (Lipinski definition) is 0. The molecule has 1 unspecified atom stereocenters. The third kappa shape index (κ3) is 8.97. The van der Waals surface area contributed by atoms with Gasteiger partial charge in [-0.3, -0.25) is 0 Å². The molecule has 4 atom stereocenters. The molecule has 0 bridgehead atoms. The minimum Gasteiger partial charge on any atom is -0.365 e. The topological polar surface area (TPSA) is 3.24 Å². The Hall–Kier alpha value is -0.950. The molecule has 1 aliphatic carbocycles. The summed E-state index contributed by atoms with van der Waals surface area (Å²) in [6.07, 6.45) is 14.0. The number of halogens is 1. The SMILES string of the molecule is C=CCN(C1=CCC(C)=C([C@@](C)(CCC(C)C)C(C)C)CC1)[C@@H](C)/C=C(/C)C(C)C[C@@H](C)Cl. The monoisotopic (exact) mass is 475 g/mol. The Balaban J connectivity index is 3.10. The number of allylic oxidation sites excluding steroid dienone is 5. The number of nitrogens with zero attached hydrogens (tertiary/aromatic N) is 1. The number of rotatable bonds is 13. The van der Waals surface area contributed by atoms with Crippen molar-refractivity contribution in [2.75, 3.05) is 6.54 Å². The van der Waals surface area contributed by atoms with Crippen LogP contribution in [-0.4, -0.2) is 22.9 Å². The zero-order chi connectivity index (χ0) is 25.3. The fourth-order valence-electron chi connectivity index (χ4n) is 5.37. The van der Waals surface area contributed by atoms with Crippen LogP contribution in [0.2, 0.25) is 0 Å². The second kappa shape index (κ2) is 13.8. The molecule has 0 aromatic rings. The Bertz CT molecular complexity index is 708. The van der Waals surface area contributed by atoms with Crippen molar-refractivity contribution in [3.05, 3.63) is 47.2 Å². The molecule has 0 N–H and O–H groups in total. The first-order valence-electron chi connectivity index (χ1n) is 13.4. The van der Waals surface area contributed by atoms with Crippen LogP contribution in [0.15, 0.2) is 47.2 Å². The van der Waals surface area contributed by atoms with E-state index in [1.165, 1.54) is 30.5 Å². The van der Waals surface area contributed by atoms with Gasteiger partial charge in [-0.25, -0.2) is 0 Å². The molecule has 190 valence electrons. The molecule has 0 heterocycles. The van der Waals surface area contributed by atoms with Gasteiger partial charge in [0.25, 0.3) is 0 Å². The van der Waals surface area contributed by atoms with Crippen LogP contribution < -0.4 is 0 Å². The summed E-state index contributed by atoms with van der Waals surface area (Å²) in [5.74, 6) is 1.92. The van der Waals surface area contributed by atoms with Crippen LogP contribution in [0.5, 0.6) is 0 Å². The van der Waals surface area contributed by atoms with Crippen LogP contribution in [0.1, 0.15) is 108 Å². The molecule has 0 saturated heterocycles. The minimum atomic E-state index is 0.214. The molecule has 0 aromatic heterocycles. The third-order valence-electron chi connectivity index (χ3n) is 8.14. The van der Waals surface area contributed by atoms with Crippen molar-refractivity contribution in [1.29, 1.82) is 0 Å². The van der Waals surface area contributed by atoms with Gasteiger partial charge in [0.1, 0.15) is 0 Å². The molecule has 1 aliphatic rings. The van der Waals surface area contributed by atoms with Gasteiger partial charge < -0.3 is 4.90 Å². The fraction of sp³-hybridized carbons (Fsp3) is 0.742. The van der Waals surface area contributed by atoms with Crippen molar-refractivity contribution in [3.63, 3.8) is 0 Å². The second-order valence-electron chi connectivity index (χ2n) is 11.7. The molecule has 1 rings (SSSR count). The number of alkyl halides is 1. The van der Waals surface area contributed by atoms with E-state index in [-0.39, 0.29) is 10.8 Å². The van der Waals surface area contributed by atoms with E-state index in [1.807, 2.05) is 0 Å². The molecule has 0 radical (unpaired) electrons. The summed E-state index contributed by atoms with van der Waals surface area (Å²) in [5.41, 5.74) is 6.51. The molecule has 33 heavy (non-hydrogen) atoms. The molecule has 0 aromatic carbocycles. The molecular weight excluding hydrogens is 422 g/mol. The van der Waals surface area contributed by atoms with Gasteiger partial charge >= 0.3 is 0 Å². The van der Waals surface area contributed by atoms with E-state index in [1.54, 1.807) is 11.1 Å². The highest BCUT2D eigenvalue weighted by atomic mass is 35.5. The normalized spacial score (nSPS) is 20.3. The Labute approximate surface area is 212 Å². The van der Waals surface area contributed by atoms with Crippen molar-refractivity contribution in [3.8, 4) is 0 Å². The van der Waals surface area contributed by atoms with Crippen LogP contribution >= 0.6 is 11.6 Å². The Kier molecular flexibility index (Phi) is 12.6. The average molecular weight is 476 g/mol. The van der Waals surface area contributed by atoms with Gasteiger partial charge in [-0.15, -0.1) is 18.2 Å². The van der Waals surface area contributed by atoms with Gasteiger partial charge in [-0.05, 0) is 83.0 Å². The zero-order valence-electron chi connectivity index (χ0n) is 23.6. The first-order valence-corrected chi connectivity index (χ1v) is 13.8. The lowest BCUT2D eigenvalue weighted by atomic mass is 9.66. The first kappa shape index (κ1) is 30.1. The highest BCUT2D eigenvalue weighted by molar-refractivity contribution is 6.20. The van der Waals surface area contributed by atoms with Gasteiger partial charge in [-0.1, -0.05) is 82.9 Å². The predicted octanol–water partition coefficient (Wildman–Crippen LogP) is 9.95. The Morgan fingerprint density at radius 2 is 1.79 bits per heavy atom. The smallest absolute Gasteiger partial charge is 0.0447 e. The van der Waals surface area contributed by atoms with E-state index in [4.69, 9.17) is 11.6 Å². The summed E-state index contributed by atoms with van der Waals surface area (Å²) in [7, 11) is 0. The molecule has 0 fully saturated rings. The maximum atomic E-state index is 6.27. The lowest BCUT2D eigenvalue weighted by Crippen LogP contribution is -2.32. The summed E-state index contributed by atoms with van der Waals surface area (Å²) in [4.78, 5) is 2.56. The molecule has 0 aliphatic heterocycles. The van der Waals surface area contributed by atoms with E-state index in [0.717, 1.165) is 31.7 Å². The van der Waals surface area contributed by atoms with Crippen molar-refractivity contribution in [2.45, 2.75) is 119 Å². The van der Waals surface area contributed by atoms with E-state index < -0.39 is 0 Å². The van der Waals surface area contributed by atoms with Crippen molar-refractivity contribution in [2.24, 2.45) is 23.2 Å². The zero-order valence-corrected chi connectivity index (χ0v) is 24.4. The van der Waals surface area contributed by atoms with E-state index in [9.17, 15) is 0 Å². The average Bonchev–Trinajstić information content (AvgIpc) is 2.91. The molecular formula is C31H54ClN. The highest BCUT2D eigenvalue weighted by Gasteiger charge is 2.34. The Morgan fingerprint density at radius 3 is 2.30 bits per heavy atom. The largest absolute Gasteiger partial charge is 0.365 e. The van der Waals surface area contributed by atoms with Crippen LogP contribution in [0.3, 0.4) is 0 Å². The minimum absolute atomic E-state index is 0.214. The van der Waals surface area contributed by atoms with Crippen molar-refractivity contribution >= 4 is 11.6 Å². The fourth-order valence-corrected chi connectivity index (χ4v) is 5.63. The highest BCUT2D eigenvalue weighted by Crippen LogP contribution is 2.46. The summed E-state index contributed by atoms with van der Waals surface area (Å²) in [6, 6.07) is 0.349. The van der Waals surface area contributed by atoms with Gasteiger partial charge in [0, 0.05) is 23.7 Å². The maximum absolute atomic E-state index is 6.27. The van der Waals surface area contributed by atoms with E-state index in [2.05, 4.69) is 98.9 Å². The molecule has 0 spiro atoms. The van der Waals surface area contributed by atoms with Gasteiger partial charge in [0.05, 0.1) is 0 Å². The van der Waals surface area contributed by atoms with Crippen LogP contribution in [0.4, 0.5) is 0 Å². The molecule has 0 saturated carbocycles.